The van der Waals surface area contributed by atoms with Gasteiger partial charge in [0.25, 0.3) is 5.91 Å². The highest BCUT2D eigenvalue weighted by molar-refractivity contribution is 6.07. The molecule has 1 amide bonds. The van der Waals surface area contributed by atoms with Crippen LogP contribution in [0, 0.1) is 0 Å². The van der Waals surface area contributed by atoms with Crippen molar-refractivity contribution in [3.63, 3.8) is 0 Å². The van der Waals surface area contributed by atoms with Crippen molar-refractivity contribution in [3.05, 3.63) is 78.4 Å². The first-order valence-electron chi connectivity index (χ1n) is 9.34. The van der Waals surface area contributed by atoms with Gasteiger partial charge in [-0.3, -0.25) is 9.78 Å². The number of nitrogens with zero attached hydrogens (tertiary/aromatic N) is 4. The van der Waals surface area contributed by atoms with E-state index in [9.17, 15) is 4.79 Å². The first-order chi connectivity index (χ1) is 13.8. The van der Waals surface area contributed by atoms with Crippen molar-refractivity contribution >= 4 is 16.7 Å². The molecule has 5 rings (SSSR count). The van der Waals surface area contributed by atoms with Gasteiger partial charge < -0.3 is 9.42 Å². The van der Waals surface area contributed by atoms with Crippen molar-refractivity contribution in [2.24, 2.45) is 0 Å². The average Bonchev–Trinajstić information content (AvgIpc) is 3.43. The van der Waals surface area contributed by atoms with Crippen LogP contribution in [-0.4, -0.2) is 32.5 Å². The minimum absolute atomic E-state index is 0.0150. The van der Waals surface area contributed by atoms with E-state index in [2.05, 4.69) is 15.1 Å². The quantitative estimate of drug-likeness (QED) is 0.539. The van der Waals surface area contributed by atoms with Crippen molar-refractivity contribution in [1.82, 2.24) is 20.0 Å². The van der Waals surface area contributed by atoms with Crippen molar-refractivity contribution in [3.8, 4) is 11.4 Å². The fourth-order valence-corrected chi connectivity index (χ4v) is 3.81. The summed E-state index contributed by atoms with van der Waals surface area (Å²) in [6, 6.07) is 17.1. The smallest absolute Gasteiger partial charge is 0.255 e. The van der Waals surface area contributed by atoms with Crippen molar-refractivity contribution in [2.45, 2.75) is 18.9 Å². The molecule has 1 fully saturated rings. The number of carbonyl (C=O) groups excluding carboxylic acids is 1. The number of hydrogen-bond acceptors (Lipinski definition) is 5. The molecule has 3 heterocycles. The Balaban J connectivity index is 1.47. The van der Waals surface area contributed by atoms with Gasteiger partial charge in [-0.2, -0.15) is 4.98 Å². The molecule has 28 heavy (non-hydrogen) atoms. The van der Waals surface area contributed by atoms with E-state index in [1.165, 1.54) is 0 Å². The van der Waals surface area contributed by atoms with Crippen LogP contribution in [0.3, 0.4) is 0 Å². The zero-order valence-electron chi connectivity index (χ0n) is 15.2. The molecule has 2 aromatic heterocycles. The fraction of sp³-hybridized carbons (Fsp3) is 0.182. The predicted octanol–water partition coefficient (Wildman–Crippen LogP) is 4.26. The molecule has 0 N–H and O–H groups in total. The predicted molar refractivity (Wildman–Crippen MR) is 104 cm³/mol. The molecule has 1 atom stereocenters. The van der Waals surface area contributed by atoms with Crippen LogP contribution < -0.4 is 0 Å². The monoisotopic (exact) mass is 370 g/mol. The Morgan fingerprint density at radius 1 is 1.07 bits per heavy atom. The van der Waals surface area contributed by atoms with Crippen molar-refractivity contribution in [1.29, 1.82) is 0 Å². The van der Waals surface area contributed by atoms with Crippen LogP contribution in [0.2, 0.25) is 0 Å². The lowest BCUT2D eigenvalue weighted by Crippen LogP contribution is -2.30. The van der Waals surface area contributed by atoms with Gasteiger partial charge in [-0.05, 0) is 30.4 Å². The largest absolute Gasteiger partial charge is 0.337 e. The van der Waals surface area contributed by atoms with E-state index >= 15 is 0 Å². The first-order valence-corrected chi connectivity index (χ1v) is 9.34. The van der Waals surface area contributed by atoms with Crippen LogP contribution in [0.4, 0.5) is 0 Å². The van der Waals surface area contributed by atoms with Gasteiger partial charge in [0.05, 0.1) is 0 Å². The third-order valence-corrected chi connectivity index (χ3v) is 5.18. The molecule has 2 aromatic carbocycles. The Hall–Kier alpha value is -3.54. The Bertz CT molecular complexity index is 1130. The van der Waals surface area contributed by atoms with Crippen LogP contribution in [0.1, 0.15) is 35.1 Å². The van der Waals surface area contributed by atoms with E-state index in [1.54, 1.807) is 12.4 Å². The summed E-state index contributed by atoms with van der Waals surface area (Å²) in [4.78, 5) is 23.9. The van der Waals surface area contributed by atoms with Crippen molar-refractivity contribution in [2.75, 3.05) is 6.54 Å². The molecule has 0 aliphatic carbocycles. The Labute approximate surface area is 161 Å². The van der Waals surface area contributed by atoms with Crippen LogP contribution >= 0.6 is 0 Å². The molecular weight excluding hydrogens is 352 g/mol. The zero-order valence-corrected chi connectivity index (χ0v) is 15.2. The van der Waals surface area contributed by atoms with E-state index < -0.39 is 0 Å². The summed E-state index contributed by atoms with van der Waals surface area (Å²) in [5.41, 5.74) is 1.57. The molecule has 0 radical (unpaired) electrons. The number of likely N-dealkylation sites (tertiary alicyclic amines) is 1. The molecular formula is C22H18N4O2. The van der Waals surface area contributed by atoms with Crippen molar-refractivity contribution < 1.29 is 9.32 Å². The third-order valence-electron chi connectivity index (χ3n) is 5.18. The highest BCUT2D eigenvalue weighted by Crippen LogP contribution is 2.34. The van der Waals surface area contributed by atoms with Gasteiger partial charge in [-0.25, -0.2) is 0 Å². The summed E-state index contributed by atoms with van der Waals surface area (Å²) in [5.74, 6) is 1.02. The highest BCUT2D eigenvalue weighted by Gasteiger charge is 2.35. The molecule has 0 unspecified atom stereocenters. The second kappa shape index (κ2) is 6.88. The number of pyridine rings is 1. The Morgan fingerprint density at radius 3 is 2.86 bits per heavy atom. The summed E-state index contributed by atoms with van der Waals surface area (Å²) < 4.78 is 5.54. The Kier molecular flexibility index (Phi) is 4.09. The van der Waals surface area contributed by atoms with Gasteiger partial charge in [-0.15, -0.1) is 0 Å². The number of carbonyl (C=O) groups is 1. The van der Waals surface area contributed by atoms with E-state index in [1.807, 2.05) is 59.5 Å². The molecule has 6 heteroatoms. The number of hydrogen-bond donors (Lipinski definition) is 0. The Morgan fingerprint density at radius 2 is 1.96 bits per heavy atom. The van der Waals surface area contributed by atoms with E-state index in [4.69, 9.17) is 4.52 Å². The van der Waals surface area contributed by atoms with Crippen LogP contribution in [0.25, 0.3) is 22.2 Å². The van der Waals surface area contributed by atoms with E-state index in [0.717, 1.165) is 29.2 Å². The van der Waals surface area contributed by atoms with E-state index in [-0.39, 0.29) is 11.9 Å². The van der Waals surface area contributed by atoms with Crippen LogP contribution in [0.15, 0.2) is 71.5 Å². The molecule has 0 spiro atoms. The number of amides is 1. The molecule has 0 bridgehead atoms. The zero-order chi connectivity index (χ0) is 18.9. The summed E-state index contributed by atoms with van der Waals surface area (Å²) in [7, 11) is 0. The second-order valence-corrected chi connectivity index (χ2v) is 6.88. The topological polar surface area (TPSA) is 72.1 Å². The number of aromatic nitrogens is 3. The molecule has 4 aromatic rings. The lowest BCUT2D eigenvalue weighted by Gasteiger charge is -2.22. The normalized spacial score (nSPS) is 16.6. The summed E-state index contributed by atoms with van der Waals surface area (Å²) in [6.07, 6.45) is 5.21. The minimum atomic E-state index is -0.199. The van der Waals surface area contributed by atoms with Crippen LogP contribution in [-0.2, 0) is 0 Å². The third kappa shape index (κ3) is 2.83. The van der Waals surface area contributed by atoms with Gasteiger partial charge in [0.2, 0.25) is 11.7 Å². The highest BCUT2D eigenvalue weighted by atomic mass is 16.5. The number of rotatable bonds is 3. The summed E-state index contributed by atoms with van der Waals surface area (Å²) in [5, 5.41) is 5.97. The molecule has 1 aliphatic rings. The molecule has 0 saturated carbocycles. The van der Waals surface area contributed by atoms with Gasteiger partial charge in [-0.1, -0.05) is 47.6 Å². The van der Waals surface area contributed by atoms with E-state index in [0.29, 0.717) is 23.8 Å². The van der Waals surface area contributed by atoms with Gasteiger partial charge in [0.1, 0.15) is 6.04 Å². The summed E-state index contributed by atoms with van der Waals surface area (Å²) >= 11 is 0. The number of fused-ring (bicyclic) bond motifs is 1. The van der Waals surface area contributed by atoms with Gasteiger partial charge >= 0.3 is 0 Å². The first kappa shape index (κ1) is 16.6. The maximum atomic E-state index is 13.3. The lowest BCUT2D eigenvalue weighted by molar-refractivity contribution is 0.0712. The minimum Gasteiger partial charge on any atom is -0.337 e. The van der Waals surface area contributed by atoms with Gasteiger partial charge in [0, 0.05) is 35.5 Å². The molecule has 138 valence electrons. The molecule has 1 saturated heterocycles. The number of benzene rings is 2. The fourth-order valence-electron chi connectivity index (χ4n) is 3.81. The maximum Gasteiger partial charge on any atom is 0.255 e. The van der Waals surface area contributed by atoms with Crippen LogP contribution in [0.5, 0.6) is 0 Å². The molecule has 1 aliphatic heterocycles. The maximum absolute atomic E-state index is 13.3. The molecule has 6 nitrogen and oxygen atoms in total. The van der Waals surface area contributed by atoms with Gasteiger partial charge in [0.15, 0.2) is 0 Å². The summed E-state index contributed by atoms with van der Waals surface area (Å²) in [6.45, 7) is 0.675. The standard InChI is InChI=1S/C22H18N4O2/c27-22(18-9-4-8-16-14-23-12-11-17(16)18)26-13-5-10-19(26)21-24-20(25-28-21)15-6-2-1-3-7-15/h1-4,6-9,11-12,14,19H,5,10,13H2/t19-/m0/s1. The second-order valence-electron chi connectivity index (χ2n) is 6.88. The SMILES string of the molecule is O=C(c1cccc2cnccc12)N1CCC[C@H]1c1nc(-c2ccccc2)no1. The average molecular weight is 370 g/mol. The lowest BCUT2D eigenvalue weighted by atomic mass is 10.1.